The number of unbranched alkanes of at least 4 members (excludes halogenated alkanes) is 1. The van der Waals surface area contributed by atoms with Gasteiger partial charge in [-0.2, -0.15) is 0 Å². The number of thiazole rings is 1. The van der Waals surface area contributed by atoms with Gasteiger partial charge in [-0.05, 0) is 25.1 Å². The second-order valence-corrected chi connectivity index (χ2v) is 5.79. The molecule has 0 aliphatic heterocycles. The highest BCUT2D eigenvalue weighted by Crippen LogP contribution is 2.23. The molecule has 0 saturated heterocycles. The average Bonchev–Trinajstić information content (AvgIpc) is 2.78. The summed E-state index contributed by atoms with van der Waals surface area (Å²) in [5.41, 5.74) is 1.14. The van der Waals surface area contributed by atoms with E-state index in [0.717, 1.165) is 18.5 Å². The largest absolute Gasteiger partial charge is 0.314 e. The average molecular weight is 262 g/mol. The predicted octanol–water partition coefficient (Wildman–Crippen LogP) is 4.01. The number of benzene rings is 1. The van der Waals surface area contributed by atoms with E-state index in [0.29, 0.717) is 6.04 Å². The molecule has 1 atom stereocenters. The van der Waals surface area contributed by atoms with Crippen molar-refractivity contribution in [2.24, 2.45) is 0 Å². The molecule has 0 amide bonds. The number of fused-ring (bicyclic) bond motifs is 1. The molecule has 0 aliphatic rings. The predicted molar refractivity (Wildman–Crippen MR) is 80.3 cm³/mol. The van der Waals surface area contributed by atoms with Gasteiger partial charge in [-0.25, -0.2) is 4.98 Å². The number of para-hydroxylation sites is 1. The second-order valence-electron chi connectivity index (χ2n) is 4.68. The van der Waals surface area contributed by atoms with Crippen molar-refractivity contribution in [1.29, 1.82) is 0 Å². The van der Waals surface area contributed by atoms with Crippen LogP contribution in [0.15, 0.2) is 24.3 Å². The van der Waals surface area contributed by atoms with Crippen LogP contribution in [-0.4, -0.2) is 17.6 Å². The zero-order valence-electron chi connectivity index (χ0n) is 11.3. The number of nitrogens with zero attached hydrogens (tertiary/aromatic N) is 1. The minimum absolute atomic E-state index is 0.579. The Kier molecular flexibility index (Phi) is 5.14. The van der Waals surface area contributed by atoms with E-state index in [1.54, 1.807) is 0 Å². The minimum atomic E-state index is 0.579. The van der Waals surface area contributed by atoms with Crippen LogP contribution in [0.25, 0.3) is 10.2 Å². The highest BCUT2D eigenvalue weighted by Gasteiger charge is 2.11. The smallest absolute Gasteiger partial charge is 0.0954 e. The van der Waals surface area contributed by atoms with Gasteiger partial charge in [0.25, 0.3) is 0 Å². The third-order valence-corrected chi connectivity index (χ3v) is 4.22. The van der Waals surface area contributed by atoms with Crippen molar-refractivity contribution in [1.82, 2.24) is 10.3 Å². The van der Waals surface area contributed by atoms with E-state index in [1.807, 2.05) is 11.3 Å². The molecule has 2 nitrogen and oxygen atoms in total. The number of nitrogens with one attached hydrogen (secondary N) is 1. The van der Waals surface area contributed by atoms with Crippen LogP contribution in [0.5, 0.6) is 0 Å². The monoisotopic (exact) mass is 262 g/mol. The zero-order valence-corrected chi connectivity index (χ0v) is 12.1. The van der Waals surface area contributed by atoms with E-state index < -0.39 is 0 Å². The summed E-state index contributed by atoms with van der Waals surface area (Å²) in [5.74, 6) is 0. The molecule has 1 N–H and O–H groups in total. The molecule has 0 fully saturated rings. The summed E-state index contributed by atoms with van der Waals surface area (Å²) in [5, 5.41) is 4.84. The van der Waals surface area contributed by atoms with Crippen molar-refractivity contribution in [3.05, 3.63) is 29.3 Å². The van der Waals surface area contributed by atoms with E-state index in [-0.39, 0.29) is 0 Å². The van der Waals surface area contributed by atoms with E-state index in [9.17, 15) is 0 Å². The molecule has 18 heavy (non-hydrogen) atoms. The third-order valence-electron chi connectivity index (χ3n) is 3.16. The summed E-state index contributed by atoms with van der Waals surface area (Å²) in [6.07, 6.45) is 4.87. The lowest BCUT2D eigenvalue weighted by molar-refractivity contribution is 0.473. The lowest BCUT2D eigenvalue weighted by Gasteiger charge is -2.15. The normalized spacial score (nSPS) is 13.0. The first kappa shape index (κ1) is 13.5. The lowest BCUT2D eigenvalue weighted by Crippen LogP contribution is -2.30. The van der Waals surface area contributed by atoms with E-state index in [4.69, 9.17) is 4.98 Å². The molecule has 2 rings (SSSR count). The highest BCUT2D eigenvalue weighted by atomic mass is 32.1. The van der Waals surface area contributed by atoms with Crippen LogP contribution in [-0.2, 0) is 6.42 Å². The van der Waals surface area contributed by atoms with Crippen molar-refractivity contribution in [3.63, 3.8) is 0 Å². The minimum Gasteiger partial charge on any atom is -0.314 e. The van der Waals surface area contributed by atoms with Gasteiger partial charge in [0.2, 0.25) is 0 Å². The fraction of sp³-hybridized carbons (Fsp3) is 0.533. The van der Waals surface area contributed by atoms with Crippen LogP contribution in [0.4, 0.5) is 0 Å². The van der Waals surface area contributed by atoms with Crippen LogP contribution in [0.3, 0.4) is 0 Å². The van der Waals surface area contributed by atoms with Crippen LogP contribution in [0.2, 0.25) is 0 Å². The summed E-state index contributed by atoms with van der Waals surface area (Å²) in [7, 11) is 0. The quantitative estimate of drug-likeness (QED) is 0.815. The Balaban J connectivity index is 2.05. The Morgan fingerprint density at radius 3 is 2.83 bits per heavy atom. The zero-order chi connectivity index (χ0) is 12.8. The van der Waals surface area contributed by atoms with Crippen molar-refractivity contribution in [2.75, 3.05) is 6.54 Å². The van der Waals surface area contributed by atoms with Gasteiger partial charge in [-0.3, -0.25) is 0 Å². The maximum atomic E-state index is 4.72. The molecule has 0 aliphatic carbocycles. The molecule has 3 heteroatoms. The maximum absolute atomic E-state index is 4.72. The summed E-state index contributed by atoms with van der Waals surface area (Å²) < 4.78 is 1.30. The van der Waals surface area contributed by atoms with Gasteiger partial charge in [0.15, 0.2) is 0 Å². The number of hydrogen-bond donors (Lipinski definition) is 1. The topological polar surface area (TPSA) is 24.9 Å². The van der Waals surface area contributed by atoms with Crippen molar-refractivity contribution in [2.45, 2.75) is 45.6 Å². The molecule has 1 unspecified atom stereocenters. The fourth-order valence-corrected chi connectivity index (χ4v) is 3.28. The Morgan fingerprint density at radius 2 is 2.11 bits per heavy atom. The van der Waals surface area contributed by atoms with Gasteiger partial charge in [0.05, 0.1) is 15.2 Å². The van der Waals surface area contributed by atoms with Gasteiger partial charge in [-0.1, -0.05) is 38.8 Å². The van der Waals surface area contributed by atoms with Crippen LogP contribution in [0, 0.1) is 0 Å². The molecule has 98 valence electrons. The van der Waals surface area contributed by atoms with Gasteiger partial charge in [0.1, 0.15) is 0 Å². The Morgan fingerprint density at radius 1 is 1.28 bits per heavy atom. The molecule has 1 heterocycles. The molecular formula is C15H22N2S. The Bertz CT molecular complexity index is 445. The molecular weight excluding hydrogens is 240 g/mol. The number of hydrogen-bond acceptors (Lipinski definition) is 3. The maximum Gasteiger partial charge on any atom is 0.0954 e. The van der Waals surface area contributed by atoms with E-state index in [1.165, 1.54) is 29.0 Å². The lowest BCUT2D eigenvalue weighted by atomic mass is 10.1. The van der Waals surface area contributed by atoms with E-state index >= 15 is 0 Å². The van der Waals surface area contributed by atoms with Crippen LogP contribution >= 0.6 is 11.3 Å². The van der Waals surface area contributed by atoms with Gasteiger partial charge in [0, 0.05) is 12.5 Å². The molecule has 0 spiro atoms. The van der Waals surface area contributed by atoms with Crippen LogP contribution < -0.4 is 5.32 Å². The SMILES string of the molecule is CCCCC(Cc1nc2ccccc2s1)NCC. The van der Waals surface area contributed by atoms with Gasteiger partial charge < -0.3 is 5.32 Å². The number of aromatic nitrogens is 1. The van der Waals surface area contributed by atoms with Crippen molar-refractivity contribution >= 4 is 21.6 Å². The molecule has 1 aromatic heterocycles. The van der Waals surface area contributed by atoms with Crippen molar-refractivity contribution < 1.29 is 0 Å². The first-order chi connectivity index (χ1) is 8.83. The standard InChI is InChI=1S/C15H22N2S/c1-3-5-8-12(16-4-2)11-15-17-13-9-6-7-10-14(13)18-15/h6-7,9-10,12,16H,3-5,8,11H2,1-2H3. The summed E-state index contributed by atoms with van der Waals surface area (Å²) in [6.45, 7) is 5.47. The molecule has 0 saturated carbocycles. The number of rotatable bonds is 7. The molecule has 0 radical (unpaired) electrons. The summed E-state index contributed by atoms with van der Waals surface area (Å²) in [6, 6.07) is 8.98. The first-order valence-electron chi connectivity index (χ1n) is 6.91. The Labute approximate surface area is 113 Å². The van der Waals surface area contributed by atoms with E-state index in [2.05, 4.69) is 43.4 Å². The van der Waals surface area contributed by atoms with Crippen LogP contribution in [0.1, 0.15) is 38.1 Å². The highest BCUT2D eigenvalue weighted by molar-refractivity contribution is 7.18. The fourth-order valence-electron chi connectivity index (χ4n) is 2.23. The Hall–Kier alpha value is -0.930. The second kappa shape index (κ2) is 6.86. The molecule has 0 bridgehead atoms. The third kappa shape index (κ3) is 3.53. The summed E-state index contributed by atoms with van der Waals surface area (Å²) >= 11 is 1.83. The molecule has 2 aromatic rings. The first-order valence-corrected chi connectivity index (χ1v) is 7.73. The summed E-state index contributed by atoms with van der Waals surface area (Å²) in [4.78, 5) is 4.72. The van der Waals surface area contributed by atoms with Gasteiger partial charge in [-0.15, -0.1) is 11.3 Å². The number of likely N-dealkylation sites (N-methyl/N-ethyl adjacent to an activating group) is 1. The van der Waals surface area contributed by atoms with Gasteiger partial charge >= 0.3 is 0 Å². The van der Waals surface area contributed by atoms with Crippen molar-refractivity contribution in [3.8, 4) is 0 Å². The molecule has 1 aromatic carbocycles.